The number of likely N-dealkylation sites (tertiary alicyclic amines) is 1. The van der Waals surface area contributed by atoms with Crippen LogP contribution in [0, 0.1) is 0 Å². The third-order valence-electron chi connectivity index (χ3n) is 5.74. The zero-order valence-corrected chi connectivity index (χ0v) is 18.6. The molecule has 0 saturated carbocycles. The number of carbonyl (C=O) groups excluding carboxylic acids is 3. The quantitative estimate of drug-likeness (QED) is 0.619. The van der Waals surface area contributed by atoms with Crippen molar-refractivity contribution in [3.05, 3.63) is 53.1 Å². The Morgan fingerprint density at radius 1 is 1.12 bits per heavy atom. The van der Waals surface area contributed by atoms with Crippen LogP contribution in [0.2, 0.25) is 5.02 Å². The molecule has 4 rings (SSSR count). The number of hydrogen-bond donors (Lipinski definition) is 0. The van der Waals surface area contributed by atoms with E-state index in [-0.39, 0.29) is 30.8 Å². The lowest BCUT2D eigenvalue weighted by atomic mass is 10.1. The van der Waals surface area contributed by atoms with Gasteiger partial charge < -0.3 is 14.4 Å². The number of ether oxygens (including phenoxy) is 2. The predicted molar refractivity (Wildman–Crippen MR) is 121 cm³/mol. The van der Waals surface area contributed by atoms with Gasteiger partial charge in [-0.1, -0.05) is 17.7 Å². The summed E-state index contributed by atoms with van der Waals surface area (Å²) in [6.45, 7) is 2.80. The highest BCUT2D eigenvalue weighted by molar-refractivity contribution is 6.30. The topological polar surface area (TPSA) is 76.2 Å². The summed E-state index contributed by atoms with van der Waals surface area (Å²) in [7, 11) is 0. The van der Waals surface area contributed by atoms with E-state index in [9.17, 15) is 14.4 Å². The van der Waals surface area contributed by atoms with Gasteiger partial charge in [-0.05, 0) is 62.6 Å². The lowest BCUT2D eigenvalue weighted by Crippen LogP contribution is -2.53. The number of Topliss-reactive ketones (excluding diaryl/α,β-unsaturated/α-hetero) is 1. The smallest absolute Gasteiger partial charge is 0.265 e. The number of carbonyl (C=O) groups is 3. The molecule has 8 heteroatoms. The van der Waals surface area contributed by atoms with Crippen LogP contribution in [-0.2, 0) is 9.59 Å². The average molecular weight is 457 g/mol. The Kier molecular flexibility index (Phi) is 6.65. The van der Waals surface area contributed by atoms with Crippen molar-refractivity contribution in [1.29, 1.82) is 0 Å². The van der Waals surface area contributed by atoms with Crippen molar-refractivity contribution >= 4 is 34.9 Å². The van der Waals surface area contributed by atoms with Crippen LogP contribution in [0.5, 0.6) is 11.5 Å². The lowest BCUT2D eigenvalue weighted by Gasteiger charge is -2.37. The maximum absolute atomic E-state index is 13.1. The van der Waals surface area contributed by atoms with Crippen LogP contribution in [0.4, 0.5) is 5.69 Å². The molecule has 0 radical (unpaired) electrons. The van der Waals surface area contributed by atoms with Crippen molar-refractivity contribution in [2.75, 3.05) is 31.2 Å². The van der Waals surface area contributed by atoms with Gasteiger partial charge in [0.2, 0.25) is 5.91 Å². The molecule has 1 fully saturated rings. The van der Waals surface area contributed by atoms with Gasteiger partial charge >= 0.3 is 0 Å². The van der Waals surface area contributed by atoms with Crippen LogP contribution >= 0.6 is 11.6 Å². The number of rotatable bonds is 6. The minimum atomic E-state index is -0.684. The Morgan fingerprint density at radius 2 is 1.91 bits per heavy atom. The summed E-state index contributed by atoms with van der Waals surface area (Å²) in [6.07, 6.45) is 3.05. The Hall–Kier alpha value is -3.06. The molecule has 0 aliphatic carbocycles. The van der Waals surface area contributed by atoms with E-state index in [1.807, 2.05) is 4.90 Å². The van der Waals surface area contributed by atoms with Gasteiger partial charge in [0.25, 0.3) is 5.91 Å². The van der Waals surface area contributed by atoms with Gasteiger partial charge in [0.1, 0.15) is 17.5 Å². The Balaban J connectivity index is 1.53. The molecule has 32 heavy (non-hydrogen) atoms. The Morgan fingerprint density at radius 3 is 2.66 bits per heavy atom. The second-order valence-electron chi connectivity index (χ2n) is 7.97. The minimum Gasteiger partial charge on any atom is -0.485 e. The molecule has 0 aromatic heterocycles. The van der Waals surface area contributed by atoms with E-state index in [4.69, 9.17) is 21.1 Å². The van der Waals surface area contributed by atoms with E-state index in [2.05, 4.69) is 0 Å². The number of hydrogen-bond acceptors (Lipinski definition) is 5. The number of anilines is 1. The highest BCUT2D eigenvalue weighted by Gasteiger charge is 2.35. The molecule has 0 bridgehead atoms. The normalized spacial score (nSPS) is 16.8. The van der Waals surface area contributed by atoms with E-state index < -0.39 is 6.04 Å². The number of piperidine rings is 1. The minimum absolute atomic E-state index is 0.0908. The molecule has 168 valence electrons. The number of nitrogens with zero attached hydrogens (tertiary/aromatic N) is 2. The summed E-state index contributed by atoms with van der Waals surface area (Å²) < 4.78 is 11.1. The molecule has 2 heterocycles. The summed E-state index contributed by atoms with van der Waals surface area (Å²) in [6, 6.07) is 11.0. The number of benzene rings is 2. The first-order valence-electron chi connectivity index (χ1n) is 10.7. The molecular weight excluding hydrogens is 432 g/mol. The molecule has 1 saturated heterocycles. The van der Waals surface area contributed by atoms with E-state index in [0.29, 0.717) is 40.9 Å². The molecule has 2 aromatic carbocycles. The zero-order chi connectivity index (χ0) is 22.7. The molecule has 2 aromatic rings. The van der Waals surface area contributed by atoms with Crippen molar-refractivity contribution in [3.8, 4) is 11.5 Å². The van der Waals surface area contributed by atoms with Crippen LogP contribution in [0.3, 0.4) is 0 Å². The fraction of sp³-hybridized carbons (Fsp3) is 0.375. The third-order valence-corrected chi connectivity index (χ3v) is 5.97. The summed E-state index contributed by atoms with van der Waals surface area (Å²) in [4.78, 5) is 41.8. The highest BCUT2D eigenvalue weighted by Crippen LogP contribution is 2.35. The van der Waals surface area contributed by atoms with Gasteiger partial charge in [0.15, 0.2) is 19.0 Å². The van der Waals surface area contributed by atoms with Gasteiger partial charge in [-0.15, -0.1) is 0 Å². The number of ketones is 1. The van der Waals surface area contributed by atoms with Crippen LogP contribution in [0.25, 0.3) is 0 Å². The molecule has 2 aliphatic rings. The van der Waals surface area contributed by atoms with E-state index in [0.717, 1.165) is 19.3 Å². The monoisotopic (exact) mass is 456 g/mol. The number of amides is 2. The highest BCUT2D eigenvalue weighted by atomic mass is 35.5. The van der Waals surface area contributed by atoms with E-state index >= 15 is 0 Å². The largest absolute Gasteiger partial charge is 0.485 e. The van der Waals surface area contributed by atoms with Crippen LogP contribution in [0.15, 0.2) is 42.5 Å². The van der Waals surface area contributed by atoms with Crippen molar-refractivity contribution in [3.63, 3.8) is 0 Å². The fourth-order valence-electron chi connectivity index (χ4n) is 4.05. The van der Waals surface area contributed by atoms with Crippen molar-refractivity contribution in [2.45, 2.75) is 32.2 Å². The standard InChI is InChI=1S/C24H25ClN2O5/c1-16(24(30)26-10-3-2-4-11-26)27-20-12-17(8-9-22(20)32-15-23(27)29)21(28)14-31-19-7-5-6-18(25)13-19/h5-9,12-13,16H,2-4,10-11,14-15H2,1H3/t16-/m0/s1. The molecule has 2 amide bonds. The van der Waals surface area contributed by atoms with Crippen LogP contribution < -0.4 is 14.4 Å². The number of fused-ring (bicyclic) bond motifs is 1. The SMILES string of the molecule is C[C@@H](C(=O)N1CCCCC1)N1C(=O)COc2ccc(C(=O)COc3cccc(Cl)c3)cc21. The van der Waals surface area contributed by atoms with Crippen molar-refractivity contribution in [2.24, 2.45) is 0 Å². The molecule has 7 nitrogen and oxygen atoms in total. The van der Waals surface area contributed by atoms with Gasteiger partial charge in [-0.3, -0.25) is 19.3 Å². The first-order valence-corrected chi connectivity index (χ1v) is 11.1. The second kappa shape index (κ2) is 9.61. The first-order chi connectivity index (χ1) is 15.4. The summed E-state index contributed by atoms with van der Waals surface area (Å²) >= 11 is 5.95. The molecule has 2 aliphatic heterocycles. The average Bonchev–Trinajstić information content (AvgIpc) is 2.82. The summed E-state index contributed by atoms with van der Waals surface area (Å²) in [5.74, 6) is 0.294. The number of halogens is 1. The van der Waals surface area contributed by atoms with E-state index in [1.165, 1.54) is 4.90 Å². The summed E-state index contributed by atoms with van der Waals surface area (Å²) in [5, 5.41) is 0.516. The molecular formula is C24H25ClN2O5. The Labute approximate surface area is 191 Å². The first kappa shape index (κ1) is 22.1. The van der Waals surface area contributed by atoms with Crippen molar-refractivity contribution in [1.82, 2.24) is 4.90 Å². The third kappa shape index (κ3) is 4.72. The molecule has 0 spiro atoms. The van der Waals surface area contributed by atoms with Gasteiger partial charge in [-0.2, -0.15) is 0 Å². The van der Waals surface area contributed by atoms with Crippen molar-refractivity contribution < 1.29 is 23.9 Å². The van der Waals surface area contributed by atoms with Gasteiger partial charge in [0.05, 0.1) is 5.69 Å². The predicted octanol–water partition coefficient (Wildman–Crippen LogP) is 3.73. The second-order valence-corrected chi connectivity index (χ2v) is 8.40. The maximum Gasteiger partial charge on any atom is 0.265 e. The lowest BCUT2D eigenvalue weighted by molar-refractivity contribution is -0.135. The van der Waals surface area contributed by atoms with Gasteiger partial charge in [0, 0.05) is 23.7 Å². The summed E-state index contributed by atoms with van der Waals surface area (Å²) in [5.41, 5.74) is 0.791. The maximum atomic E-state index is 13.1. The molecule has 0 N–H and O–H groups in total. The Bertz CT molecular complexity index is 1030. The van der Waals surface area contributed by atoms with Gasteiger partial charge in [-0.25, -0.2) is 0 Å². The fourth-order valence-corrected chi connectivity index (χ4v) is 4.23. The molecule has 1 atom stereocenters. The molecule has 0 unspecified atom stereocenters. The zero-order valence-electron chi connectivity index (χ0n) is 17.9. The van der Waals surface area contributed by atoms with E-state index in [1.54, 1.807) is 49.4 Å². The van der Waals surface area contributed by atoms with Crippen LogP contribution in [0.1, 0.15) is 36.5 Å². The van der Waals surface area contributed by atoms with Crippen LogP contribution in [-0.4, -0.2) is 54.8 Å².